The van der Waals surface area contributed by atoms with Crippen molar-refractivity contribution in [2.24, 2.45) is 17.8 Å². The summed E-state index contributed by atoms with van der Waals surface area (Å²) in [5, 5.41) is 0. The number of allylic oxidation sites excluding steroid dienone is 2. The van der Waals surface area contributed by atoms with Gasteiger partial charge in [-0.05, 0) is 93.3 Å². The molecule has 2 aromatic rings. The molecule has 3 heteroatoms. The number of benzene rings is 2. The average Bonchev–Trinajstić information content (AvgIpc) is 3.79. The van der Waals surface area contributed by atoms with E-state index in [1.54, 1.807) is 0 Å². The van der Waals surface area contributed by atoms with E-state index < -0.39 is 0 Å². The number of halogens is 2. The lowest BCUT2D eigenvalue weighted by Gasteiger charge is -1.97. The van der Waals surface area contributed by atoms with Crippen LogP contribution in [0.2, 0.25) is 0 Å². The fourth-order valence-corrected chi connectivity index (χ4v) is 3.27. The van der Waals surface area contributed by atoms with Gasteiger partial charge in [0.05, 0.1) is 0 Å². The van der Waals surface area contributed by atoms with Gasteiger partial charge >= 0.3 is 0 Å². The van der Waals surface area contributed by atoms with Gasteiger partial charge in [-0.3, -0.25) is 4.79 Å². The molecule has 2 aromatic carbocycles. The quantitative estimate of drug-likeness (QED) is 0.238. The van der Waals surface area contributed by atoms with Gasteiger partial charge in [0.25, 0.3) is 0 Å². The second-order valence-corrected chi connectivity index (χ2v) is 12.2. The molecular weight excluding hydrogens is 596 g/mol. The van der Waals surface area contributed by atoms with Gasteiger partial charge in [-0.2, -0.15) is 0 Å². The number of hydrogen-bond acceptors (Lipinski definition) is 1. The number of rotatable bonds is 4. The lowest BCUT2D eigenvalue weighted by atomic mass is 10.1. The van der Waals surface area contributed by atoms with Crippen LogP contribution in [0.4, 0.5) is 0 Å². The minimum atomic E-state index is 0.0185. The Morgan fingerprint density at radius 2 is 1.29 bits per heavy atom. The molecule has 0 saturated heterocycles. The minimum absolute atomic E-state index is 0.0185. The van der Waals surface area contributed by atoms with Crippen molar-refractivity contribution in [3.05, 3.63) is 92.9 Å². The maximum atomic E-state index is 9.69. The summed E-state index contributed by atoms with van der Waals surface area (Å²) in [5.74, 6) is 2.94. The predicted octanol–water partition coefficient (Wildman–Crippen LogP) is 12.3. The number of aryl methyl sites for hydroxylation is 4. The van der Waals surface area contributed by atoms with Crippen molar-refractivity contribution >= 4 is 37.6 Å². The third-order valence-electron chi connectivity index (χ3n) is 6.09. The van der Waals surface area contributed by atoms with Crippen LogP contribution in [0, 0.1) is 45.4 Å². The fourth-order valence-electron chi connectivity index (χ4n) is 2.55. The molecule has 0 heterocycles. The summed E-state index contributed by atoms with van der Waals surface area (Å²) < 4.78 is 2.35. The highest BCUT2D eigenvalue weighted by atomic mass is 79.9. The molecule has 0 amide bonds. The van der Waals surface area contributed by atoms with Gasteiger partial charge in [0.2, 0.25) is 0 Å². The van der Waals surface area contributed by atoms with E-state index in [1.165, 1.54) is 78.3 Å². The first-order valence-electron chi connectivity index (χ1n) is 14.0. The predicted molar refractivity (Wildman–Crippen MR) is 179 cm³/mol. The zero-order chi connectivity index (χ0) is 29.7. The Kier molecular flexibility index (Phi) is 23.9. The molecule has 0 unspecified atom stereocenters. The van der Waals surface area contributed by atoms with E-state index in [4.69, 9.17) is 0 Å². The van der Waals surface area contributed by atoms with Crippen LogP contribution >= 0.6 is 31.9 Å². The van der Waals surface area contributed by atoms with Gasteiger partial charge in [0.15, 0.2) is 5.78 Å². The first-order chi connectivity index (χ1) is 17.8. The van der Waals surface area contributed by atoms with E-state index in [1.807, 2.05) is 6.08 Å². The number of hydrogen-bond donors (Lipinski definition) is 0. The lowest BCUT2D eigenvalue weighted by molar-refractivity contribution is -0.112. The number of carbonyl (C=O) groups excluding carboxylic acids is 1. The fraction of sp³-hybridized carbons (Fsp3) is 0.514. The molecule has 214 valence electrons. The molecule has 2 fully saturated rings. The summed E-state index contributed by atoms with van der Waals surface area (Å²) in [6.07, 6.45) is 12.1. The Morgan fingerprint density at radius 3 is 1.50 bits per heavy atom. The number of carbonyl (C=O) groups is 1. The van der Waals surface area contributed by atoms with E-state index in [2.05, 4.69) is 137 Å². The molecule has 2 aliphatic carbocycles. The molecule has 2 saturated carbocycles. The van der Waals surface area contributed by atoms with Crippen LogP contribution in [0.3, 0.4) is 0 Å². The van der Waals surface area contributed by atoms with Gasteiger partial charge in [0.1, 0.15) is 0 Å². The van der Waals surface area contributed by atoms with E-state index in [0.29, 0.717) is 5.92 Å². The first kappa shape index (κ1) is 38.7. The zero-order valence-electron chi connectivity index (χ0n) is 25.7. The van der Waals surface area contributed by atoms with Crippen LogP contribution in [0.25, 0.3) is 0 Å². The third-order valence-corrected chi connectivity index (χ3v) is 7.47. The summed E-state index contributed by atoms with van der Waals surface area (Å²) in [6, 6.07) is 12.6. The number of ketones is 1. The molecule has 0 spiro atoms. The second-order valence-electron chi connectivity index (χ2n) is 10.5. The molecule has 38 heavy (non-hydrogen) atoms. The SMILES string of the molecule is C=CC(C)=O.C=CC(C)C.CCC1CC1.CCC1CC1.Cc1ccc(Br)c(C)c1.Cc1ccc(Br)cc1C. The zero-order valence-corrected chi connectivity index (χ0v) is 28.8. The second kappa shape index (κ2) is 23.4. The standard InChI is InChI=1S/2C8H9Br.3C5H10.C4H6O/c1-6-3-4-8(9)5-7(6)2;1-6-3-4-8(9)7(2)5-6;2*1-2-5-3-4-5;1-4-5(2)3;1-3-4(2)5/h2*3-5H,1-2H3;2*5H,2-4H2,1H3;4-5H,1H2,2-3H3;3H,1H2,2H3. The van der Waals surface area contributed by atoms with Crippen LogP contribution in [-0.4, -0.2) is 5.78 Å². The molecule has 0 bridgehead atoms. The van der Waals surface area contributed by atoms with E-state index in [-0.39, 0.29) is 5.78 Å². The summed E-state index contributed by atoms with van der Waals surface area (Å²) in [4.78, 5) is 9.69. The van der Waals surface area contributed by atoms with Crippen LogP contribution in [-0.2, 0) is 4.79 Å². The van der Waals surface area contributed by atoms with Crippen molar-refractivity contribution in [3.8, 4) is 0 Å². The molecule has 0 N–H and O–H groups in total. The van der Waals surface area contributed by atoms with Crippen LogP contribution < -0.4 is 0 Å². The van der Waals surface area contributed by atoms with E-state index in [9.17, 15) is 4.79 Å². The van der Waals surface area contributed by atoms with Crippen molar-refractivity contribution < 1.29 is 4.79 Å². The van der Waals surface area contributed by atoms with Gasteiger partial charge in [-0.15, -0.1) is 6.58 Å². The highest BCUT2D eigenvalue weighted by molar-refractivity contribution is 9.10. The van der Waals surface area contributed by atoms with E-state index >= 15 is 0 Å². The summed E-state index contributed by atoms with van der Waals surface area (Å²) >= 11 is 6.83. The Hall–Kier alpha value is -1.45. The summed E-state index contributed by atoms with van der Waals surface area (Å²) in [5.41, 5.74) is 5.30. The lowest BCUT2D eigenvalue weighted by Crippen LogP contribution is -1.77. The average molecular weight is 651 g/mol. The molecule has 2 aliphatic rings. The molecular formula is C35H54Br2O. The van der Waals surface area contributed by atoms with Crippen LogP contribution in [0.5, 0.6) is 0 Å². The van der Waals surface area contributed by atoms with Crippen molar-refractivity contribution in [2.45, 2.75) is 101 Å². The third kappa shape index (κ3) is 26.2. The largest absolute Gasteiger partial charge is 0.295 e. The monoisotopic (exact) mass is 648 g/mol. The molecule has 0 radical (unpaired) electrons. The highest BCUT2D eigenvalue weighted by Gasteiger charge is 2.17. The molecule has 4 rings (SSSR count). The minimum Gasteiger partial charge on any atom is -0.295 e. The Bertz CT molecular complexity index is 860. The topological polar surface area (TPSA) is 17.1 Å². The Morgan fingerprint density at radius 1 is 0.842 bits per heavy atom. The summed E-state index contributed by atoms with van der Waals surface area (Å²) in [6.45, 7) is 25.4. The van der Waals surface area contributed by atoms with Crippen LogP contribution in [0.15, 0.2) is 70.7 Å². The van der Waals surface area contributed by atoms with Gasteiger partial charge in [0, 0.05) is 8.95 Å². The smallest absolute Gasteiger partial charge is 0.152 e. The molecule has 0 atom stereocenters. The molecule has 0 aromatic heterocycles. The van der Waals surface area contributed by atoms with Gasteiger partial charge in [-0.1, -0.05) is 134 Å². The Labute approximate surface area is 252 Å². The maximum Gasteiger partial charge on any atom is 0.152 e. The normalized spacial score (nSPS) is 12.7. The Balaban J connectivity index is 0. The van der Waals surface area contributed by atoms with Gasteiger partial charge < -0.3 is 0 Å². The van der Waals surface area contributed by atoms with Crippen molar-refractivity contribution in [3.63, 3.8) is 0 Å². The highest BCUT2D eigenvalue weighted by Crippen LogP contribution is 2.31. The van der Waals surface area contributed by atoms with Crippen molar-refractivity contribution in [1.29, 1.82) is 0 Å². The van der Waals surface area contributed by atoms with Gasteiger partial charge in [-0.25, -0.2) is 0 Å². The van der Waals surface area contributed by atoms with E-state index in [0.717, 1.165) is 16.3 Å². The first-order valence-corrected chi connectivity index (χ1v) is 15.6. The summed E-state index contributed by atoms with van der Waals surface area (Å²) in [7, 11) is 0. The van der Waals surface area contributed by atoms with Crippen molar-refractivity contribution in [1.82, 2.24) is 0 Å². The molecule has 1 nitrogen and oxygen atoms in total. The maximum absolute atomic E-state index is 9.69. The molecule has 0 aliphatic heterocycles. The van der Waals surface area contributed by atoms with Crippen LogP contribution in [0.1, 0.15) is 95.4 Å². The van der Waals surface area contributed by atoms with Crippen molar-refractivity contribution in [2.75, 3.05) is 0 Å².